The highest BCUT2D eigenvalue weighted by molar-refractivity contribution is 5.54. The Kier molecular flexibility index (Phi) is 26.8. The second-order valence-electron chi connectivity index (χ2n) is 5.13. The third-order valence-electron chi connectivity index (χ3n) is 2.59. The van der Waals surface area contributed by atoms with E-state index in [4.69, 9.17) is 57.5 Å². The van der Waals surface area contributed by atoms with Gasteiger partial charge in [0.1, 0.15) is 144 Å². The summed E-state index contributed by atoms with van der Waals surface area (Å²) < 4.78 is 58.8. The van der Waals surface area contributed by atoms with E-state index >= 15 is 0 Å². The van der Waals surface area contributed by atoms with Crippen LogP contribution in [0.4, 0.5) is 0 Å². The minimum Gasteiger partial charge on any atom is -0.501 e. The summed E-state index contributed by atoms with van der Waals surface area (Å²) in [7, 11) is 1.50. The van der Waals surface area contributed by atoms with Gasteiger partial charge in [0.2, 0.25) is 0 Å². The first kappa shape index (κ1) is 32.4. The summed E-state index contributed by atoms with van der Waals surface area (Å²) in [5.41, 5.74) is 0. The van der Waals surface area contributed by atoms with Gasteiger partial charge in [-0.1, -0.05) is 0 Å². The lowest BCUT2D eigenvalue weighted by Crippen LogP contribution is -1.85. The minimum atomic E-state index is 0.180. The van der Waals surface area contributed by atoms with Crippen molar-refractivity contribution in [1.82, 2.24) is 0 Å². The van der Waals surface area contributed by atoms with Gasteiger partial charge in [0.25, 0.3) is 0 Å². The van der Waals surface area contributed by atoms with Crippen molar-refractivity contribution >= 4 is 6.21 Å². The fourth-order valence-electron chi connectivity index (χ4n) is 1.29. The number of ether oxygens (including phenoxy) is 12. The molecule has 13 heteroatoms. The molecule has 0 atom stereocenters. The Bertz CT molecular complexity index is 868. The number of methoxy groups -OCH3 is 1. The van der Waals surface area contributed by atoms with Gasteiger partial charge in [0, 0.05) is 6.21 Å². The highest BCUT2D eigenvalue weighted by atomic mass is 16.5. The quantitative estimate of drug-likeness (QED) is 0.0930. The lowest BCUT2D eigenvalue weighted by atomic mass is 10.8. The molecule has 0 fully saturated rings. The van der Waals surface area contributed by atoms with Gasteiger partial charge in [0.05, 0.1) is 7.11 Å². The molecule has 0 rings (SSSR count). The molecule has 0 bridgehead atoms. The molecule has 0 aromatic carbocycles. The van der Waals surface area contributed by atoms with Gasteiger partial charge < -0.3 is 62.3 Å². The number of nitrogens with one attached hydrogen (secondary N) is 1. The van der Waals surface area contributed by atoms with Crippen molar-refractivity contribution in [2.24, 2.45) is 0 Å². The topological polar surface area (TPSA) is 135 Å². The molecule has 0 aromatic rings. The Morgan fingerprint density at radius 3 is 0.763 bits per heavy atom. The van der Waals surface area contributed by atoms with Crippen molar-refractivity contribution in [3.8, 4) is 0 Å². The van der Waals surface area contributed by atoms with E-state index in [0.717, 1.165) is 6.21 Å². The second kappa shape index (κ2) is 31.4. The summed E-state index contributed by atoms with van der Waals surface area (Å²) in [6.45, 7) is 0.180. The highest BCUT2D eigenvalue weighted by Crippen LogP contribution is 1.91. The van der Waals surface area contributed by atoms with Crippen LogP contribution in [0, 0.1) is 5.41 Å². The van der Waals surface area contributed by atoms with E-state index in [1.807, 2.05) is 0 Å². The van der Waals surface area contributed by atoms with Crippen molar-refractivity contribution < 1.29 is 56.8 Å². The molecule has 0 saturated carbocycles. The van der Waals surface area contributed by atoms with Gasteiger partial charge in [-0.2, -0.15) is 0 Å². The SMILES string of the molecule is COC=COC=COC=COC=COC=COC=COC=COC=COC=COC=COC=COCC=N. The molecule has 1 N–H and O–H groups in total. The van der Waals surface area contributed by atoms with E-state index in [1.54, 1.807) is 0 Å². The van der Waals surface area contributed by atoms with Crippen molar-refractivity contribution in [2.45, 2.75) is 0 Å². The Morgan fingerprint density at radius 2 is 0.553 bits per heavy atom. The van der Waals surface area contributed by atoms with Crippen LogP contribution in [0.5, 0.6) is 0 Å². The monoisotopic (exact) mass is 535 g/mol. The first-order valence-corrected chi connectivity index (χ1v) is 10.2. The normalized spacial score (nSPS) is 12.4. The molecule has 0 aliphatic heterocycles. The van der Waals surface area contributed by atoms with Gasteiger partial charge >= 0.3 is 0 Å². The fourth-order valence-corrected chi connectivity index (χ4v) is 1.29. The van der Waals surface area contributed by atoms with Crippen LogP contribution in [0.3, 0.4) is 0 Å². The molecular weight excluding hydrogens is 506 g/mol. The Morgan fingerprint density at radius 1 is 0.342 bits per heavy atom. The third kappa shape index (κ3) is 30.4. The Hall–Kier alpha value is -5.59. The number of hydrogen-bond donors (Lipinski definition) is 1. The number of hydrogen-bond acceptors (Lipinski definition) is 13. The molecule has 38 heavy (non-hydrogen) atoms. The summed E-state index contributed by atoms with van der Waals surface area (Å²) in [6, 6.07) is 0. The van der Waals surface area contributed by atoms with E-state index in [2.05, 4.69) is 4.74 Å². The standard InChI is InChI=1S/C25H29NO12/c1-27-4-5-29-8-9-31-12-13-33-16-17-35-20-21-37-24-25-38-23-22-36-19-18-34-15-14-32-11-10-30-7-6-28-3-2-26/h2,4-26H,3H2,1H3. The molecule has 0 amide bonds. The molecule has 0 heterocycles. The van der Waals surface area contributed by atoms with Crippen LogP contribution in [-0.2, 0) is 56.8 Å². The van der Waals surface area contributed by atoms with Crippen LogP contribution in [0.1, 0.15) is 0 Å². The summed E-state index contributed by atoms with van der Waals surface area (Å²) in [4.78, 5) is 0. The first-order chi connectivity index (χ1) is 18.9. The van der Waals surface area contributed by atoms with E-state index in [1.165, 1.54) is 145 Å². The molecule has 0 saturated heterocycles. The predicted molar refractivity (Wildman–Crippen MR) is 133 cm³/mol. The van der Waals surface area contributed by atoms with Crippen LogP contribution in [0.15, 0.2) is 138 Å². The predicted octanol–water partition coefficient (Wildman–Crippen LogP) is 5.65. The van der Waals surface area contributed by atoms with E-state index in [0.29, 0.717) is 0 Å². The van der Waals surface area contributed by atoms with Crippen LogP contribution in [-0.4, -0.2) is 19.9 Å². The molecule has 0 aromatic heterocycles. The van der Waals surface area contributed by atoms with Crippen LogP contribution < -0.4 is 0 Å². The van der Waals surface area contributed by atoms with Gasteiger partial charge in [-0.25, -0.2) is 0 Å². The summed E-state index contributed by atoms with van der Waals surface area (Å²) in [5, 5.41) is 6.74. The molecule has 206 valence electrons. The molecule has 0 aliphatic rings. The molecule has 0 radical (unpaired) electrons. The molecule has 13 nitrogen and oxygen atoms in total. The molecule has 0 aliphatic carbocycles. The summed E-state index contributed by atoms with van der Waals surface area (Å²) in [6.07, 6.45) is 29.3. The largest absolute Gasteiger partial charge is 0.501 e. The Balaban J connectivity index is 3.60. The van der Waals surface area contributed by atoms with E-state index < -0.39 is 0 Å². The van der Waals surface area contributed by atoms with Gasteiger partial charge in [-0.15, -0.1) is 0 Å². The van der Waals surface area contributed by atoms with Crippen LogP contribution >= 0.6 is 0 Å². The minimum absolute atomic E-state index is 0.180. The van der Waals surface area contributed by atoms with Gasteiger partial charge in [-0.3, -0.25) is 0 Å². The van der Waals surface area contributed by atoms with Crippen molar-refractivity contribution in [3.05, 3.63) is 138 Å². The van der Waals surface area contributed by atoms with Crippen LogP contribution in [0.25, 0.3) is 0 Å². The average molecular weight is 536 g/mol. The van der Waals surface area contributed by atoms with Crippen LogP contribution in [0.2, 0.25) is 0 Å². The Labute approximate surface area is 220 Å². The lowest BCUT2D eigenvalue weighted by molar-refractivity contribution is 0.275. The zero-order valence-electron chi connectivity index (χ0n) is 20.4. The van der Waals surface area contributed by atoms with Crippen molar-refractivity contribution in [1.29, 1.82) is 5.41 Å². The fraction of sp³-hybridized carbons (Fsp3) is 0.0800. The first-order valence-electron chi connectivity index (χ1n) is 10.2. The lowest BCUT2D eigenvalue weighted by Gasteiger charge is -1.94. The number of rotatable bonds is 24. The zero-order chi connectivity index (χ0) is 27.5. The maximum atomic E-state index is 6.74. The molecule has 0 unspecified atom stereocenters. The van der Waals surface area contributed by atoms with E-state index in [9.17, 15) is 0 Å². The second-order valence-corrected chi connectivity index (χ2v) is 5.13. The smallest absolute Gasteiger partial charge is 0.125 e. The summed E-state index contributed by atoms with van der Waals surface area (Å²) in [5.74, 6) is 0. The van der Waals surface area contributed by atoms with Gasteiger partial charge in [-0.05, 0) is 0 Å². The van der Waals surface area contributed by atoms with Crippen molar-refractivity contribution in [2.75, 3.05) is 13.7 Å². The van der Waals surface area contributed by atoms with Gasteiger partial charge in [0.15, 0.2) is 0 Å². The molecule has 0 spiro atoms. The third-order valence-corrected chi connectivity index (χ3v) is 2.59. The van der Waals surface area contributed by atoms with Crippen molar-refractivity contribution in [3.63, 3.8) is 0 Å². The van der Waals surface area contributed by atoms with E-state index in [-0.39, 0.29) is 6.61 Å². The summed E-state index contributed by atoms with van der Waals surface area (Å²) >= 11 is 0. The average Bonchev–Trinajstić information content (AvgIpc) is 2.93. The maximum Gasteiger partial charge on any atom is 0.125 e. The highest BCUT2D eigenvalue weighted by Gasteiger charge is 1.77. The zero-order valence-corrected chi connectivity index (χ0v) is 20.4. The maximum absolute atomic E-state index is 6.74. The molecular formula is C25H29NO12.